The molecule has 0 atom stereocenters. The molecule has 2 heterocycles. The second-order valence-corrected chi connectivity index (χ2v) is 7.65. The maximum atomic E-state index is 12.5. The lowest BCUT2D eigenvalue weighted by Crippen LogP contribution is -2.29. The average molecular weight is 384 g/mol. The van der Waals surface area contributed by atoms with Gasteiger partial charge >= 0.3 is 0 Å². The summed E-state index contributed by atoms with van der Waals surface area (Å²) in [5.41, 5.74) is 2.34. The molecule has 0 radical (unpaired) electrons. The lowest BCUT2D eigenvalue weighted by molar-refractivity contribution is 0.0948. The molecular weight excluding hydrogens is 356 g/mol. The third-order valence-corrected chi connectivity index (χ3v) is 4.83. The number of aryl methyl sites for hydroxylation is 1. The van der Waals surface area contributed by atoms with E-state index in [4.69, 9.17) is 0 Å². The molecule has 150 valence electrons. The summed E-state index contributed by atoms with van der Waals surface area (Å²) in [6.45, 7) is 8.48. The van der Waals surface area contributed by atoms with Crippen molar-refractivity contribution in [2.24, 2.45) is 5.92 Å². The first kappa shape index (κ1) is 20.0. The highest BCUT2D eigenvalue weighted by Crippen LogP contribution is 2.19. The molecule has 0 aliphatic carbocycles. The molecule has 2 aromatic rings. The number of rotatable bonds is 6. The van der Waals surface area contributed by atoms with Crippen LogP contribution in [0.25, 0.3) is 0 Å². The first-order valence-electron chi connectivity index (χ1n) is 9.77. The third kappa shape index (κ3) is 4.95. The molecule has 1 saturated heterocycles. The molecule has 1 fully saturated rings. The Morgan fingerprint density at radius 2 is 2.00 bits per heavy atom. The van der Waals surface area contributed by atoms with Crippen molar-refractivity contribution < 1.29 is 9.59 Å². The van der Waals surface area contributed by atoms with Crippen LogP contribution in [0.3, 0.4) is 0 Å². The van der Waals surface area contributed by atoms with Crippen molar-refractivity contribution in [1.82, 2.24) is 25.6 Å². The van der Waals surface area contributed by atoms with Crippen molar-refractivity contribution in [3.05, 3.63) is 41.2 Å². The van der Waals surface area contributed by atoms with Crippen LogP contribution in [0.5, 0.6) is 0 Å². The minimum absolute atomic E-state index is 0.111. The zero-order valence-electron chi connectivity index (χ0n) is 16.7. The number of nitrogens with one attached hydrogen (secondary N) is 3. The number of carbonyl (C=O) groups excluding carboxylic acids is 2. The van der Waals surface area contributed by atoms with Crippen molar-refractivity contribution in [2.75, 3.05) is 25.0 Å². The molecule has 0 unspecified atom stereocenters. The van der Waals surface area contributed by atoms with Crippen LogP contribution in [0.1, 0.15) is 59.1 Å². The van der Waals surface area contributed by atoms with Gasteiger partial charge in [-0.2, -0.15) is 0 Å². The lowest BCUT2D eigenvalue weighted by Gasteiger charge is -2.22. The van der Waals surface area contributed by atoms with Gasteiger partial charge in [0.1, 0.15) is 0 Å². The van der Waals surface area contributed by atoms with E-state index in [0.29, 0.717) is 23.7 Å². The van der Waals surface area contributed by atoms with Crippen LogP contribution in [0.4, 0.5) is 5.69 Å². The number of hydrogen-bond donors (Lipinski definition) is 3. The molecule has 3 rings (SSSR count). The monoisotopic (exact) mass is 384 g/mol. The van der Waals surface area contributed by atoms with Gasteiger partial charge in [0, 0.05) is 17.8 Å². The van der Waals surface area contributed by atoms with Gasteiger partial charge in [-0.15, -0.1) is 5.10 Å². The van der Waals surface area contributed by atoms with Crippen LogP contribution in [-0.2, 0) is 0 Å². The maximum absolute atomic E-state index is 12.5. The normalized spacial score (nSPS) is 14.9. The minimum Gasteiger partial charge on any atom is -0.352 e. The molecule has 28 heavy (non-hydrogen) atoms. The topological polar surface area (TPSA) is 101 Å². The first-order chi connectivity index (χ1) is 13.4. The van der Waals surface area contributed by atoms with E-state index in [1.165, 1.54) is 0 Å². The zero-order valence-corrected chi connectivity index (χ0v) is 16.7. The van der Waals surface area contributed by atoms with Crippen molar-refractivity contribution in [3.63, 3.8) is 0 Å². The number of nitrogens with zero attached hydrogens (tertiary/aromatic N) is 3. The summed E-state index contributed by atoms with van der Waals surface area (Å²) in [5.74, 6) is -0.0261. The molecule has 0 spiro atoms. The minimum atomic E-state index is -0.305. The highest BCUT2D eigenvalue weighted by atomic mass is 16.2. The summed E-state index contributed by atoms with van der Waals surface area (Å²) < 4.78 is 1.78. The van der Waals surface area contributed by atoms with Gasteiger partial charge in [0.15, 0.2) is 5.69 Å². The molecule has 1 aliphatic heterocycles. The average Bonchev–Trinajstić information content (AvgIpc) is 3.18. The van der Waals surface area contributed by atoms with E-state index in [0.717, 1.165) is 31.5 Å². The van der Waals surface area contributed by atoms with E-state index in [9.17, 15) is 9.59 Å². The number of amides is 2. The Morgan fingerprint density at radius 1 is 1.25 bits per heavy atom. The molecule has 3 N–H and O–H groups in total. The maximum Gasteiger partial charge on any atom is 0.277 e. The Morgan fingerprint density at radius 3 is 2.68 bits per heavy atom. The molecular formula is C20H28N6O2. The van der Waals surface area contributed by atoms with Gasteiger partial charge in [-0.1, -0.05) is 19.1 Å². The van der Waals surface area contributed by atoms with Gasteiger partial charge in [-0.05, 0) is 62.5 Å². The summed E-state index contributed by atoms with van der Waals surface area (Å²) in [4.78, 5) is 24.7. The van der Waals surface area contributed by atoms with E-state index < -0.39 is 0 Å². The molecule has 8 heteroatoms. The predicted octanol–water partition coefficient (Wildman–Crippen LogP) is 2.15. The van der Waals surface area contributed by atoms with E-state index in [1.807, 2.05) is 20.8 Å². The number of carbonyl (C=O) groups is 2. The fourth-order valence-corrected chi connectivity index (χ4v) is 3.16. The van der Waals surface area contributed by atoms with Gasteiger partial charge in [-0.25, -0.2) is 4.68 Å². The third-order valence-electron chi connectivity index (χ3n) is 4.83. The van der Waals surface area contributed by atoms with E-state index in [1.54, 1.807) is 29.1 Å². The van der Waals surface area contributed by atoms with Crippen molar-refractivity contribution >= 4 is 17.5 Å². The van der Waals surface area contributed by atoms with Crippen LogP contribution in [0.15, 0.2) is 24.4 Å². The molecule has 1 aliphatic rings. The molecule has 0 bridgehead atoms. The summed E-state index contributed by atoms with van der Waals surface area (Å²) in [6.07, 6.45) is 3.65. The predicted molar refractivity (Wildman–Crippen MR) is 107 cm³/mol. The Kier molecular flexibility index (Phi) is 6.41. The van der Waals surface area contributed by atoms with Crippen LogP contribution in [0.2, 0.25) is 0 Å². The van der Waals surface area contributed by atoms with Gasteiger partial charge in [0.2, 0.25) is 0 Å². The summed E-state index contributed by atoms with van der Waals surface area (Å²) >= 11 is 0. The first-order valence-corrected chi connectivity index (χ1v) is 9.77. The second kappa shape index (κ2) is 8.97. The Balaban J connectivity index is 1.64. The van der Waals surface area contributed by atoms with Gasteiger partial charge in [-0.3, -0.25) is 9.59 Å². The fraction of sp³-hybridized carbons (Fsp3) is 0.500. The highest BCUT2D eigenvalue weighted by Gasteiger charge is 2.19. The number of aromatic nitrogens is 3. The number of hydrogen-bond acceptors (Lipinski definition) is 5. The summed E-state index contributed by atoms with van der Waals surface area (Å²) in [6, 6.07) is 5.51. The highest BCUT2D eigenvalue weighted by molar-refractivity contribution is 6.03. The Bertz CT molecular complexity index is 839. The van der Waals surface area contributed by atoms with E-state index >= 15 is 0 Å². The largest absolute Gasteiger partial charge is 0.352 e. The Labute approximate surface area is 165 Å². The molecule has 2 amide bonds. The molecule has 0 saturated carbocycles. The van der Waals surface area contributed by atoms with Gasteiger partial charge in [0.05, 0.1) is 12.2 Å². The zero-order chi connectivity index (χ0) is 20.1. The van der Waals surface area contributed by atoms with Crippen molar-refractivity contribution in [3.8, 4) is 0 Å². The lowest BCUT2D eigenvalue weighted by atomic mass is 10.1. The fourth-order valence-electron chi connectivity index (χ4n) is 3.16. The SMILES string of the molecule is Cc1cc(C(=O)NCC(C)C)ccc1NC(=O)c1cn(C2CCNCC2)nn1. The summed E-state index contributed by atoms with van der Waals surface area (Å²) in [5, 5.41) is 17.2. The molecule has 8 nitrogen and oxygen atoms in total. The van der Waals surface area contributed by atoms with Gasteiger partial charge in [0.25, 0.3) is 11.8 Å². The van der Waals surface area contributed by atoms with Crippen molar-refractivity contribution in [1.29, 1.82) is 0 Å². The summed E-state index contributed by atoms with van der Waals surface area (Å²) in [7, 11) is 0. The Hall–Kier alpha value is -2.74. The van der Waals surface area contributed by atoms with Gasteiger partial charge < -0.3 is 16.0 Å². The standard InChI is InChI=1S/C20H28N6O2/c1-13(2)11-22-19(27)15-4-5-17(14(3)10-15)23-20(28)18-12-26(25-24-18)16-6-8-21-9-7-16/h4-5,10,12-13,16,21H,6-9,11H2,1-3H3,(H,22,27)(H,23,28). The molecule has 1 aromatic carbocycles. The number of anilines is 1. The molecule has 1 aromatic heterocycles. The number of piperidine rings is 1. The number of benzene rings is 1. The van der Waals surface area contributed by atoms with Crippen LogP contribution < -0.4 is 16.0 Å². The van der Waals surface area contributed by atoms with Crippen molar-refractivity contribution in [2.45, 2.75) is 39.7 Å². The van der Waals surface area contributed by atoms with E-state index in [2.05, 4.69) is 26.3 Å². The van der Waals surface area contributed by atoms with Crippen LogP contribution in [0, 0.1) is 12.8 Å². The quantitative estimate of drug-likeness (QED) is 0.708. The second-order valence-electron chi connectivity index (χ2n) is 7.65. The smallest absolute Gasteiger partial charge is 0.277 e. The van der Waals surface area contributed by atoms with Crippen LogP contribution in [-0.4, -0.2) is 46.4 Å². The van der Waals surface area contributed by atoms with E-state index in [-0.39, 0.29) is 23.6 Å². The van der Waals surface area contributed by atoms with Crippen LogP contribution >= 0.6 is 0 Å².